The van der Waals surface area contributed by atoms with Crippen LogP contribution in [0.5, 0.6) is 0 Å². The molecule has 1 aromatic rings. The van der Waals surface area contributed by atoms with Crippen LogP contribution in [0.3, 0.4) is 0 Å². The van der Waals surface area contributed by atoms with E-state index in [1.54, 1.807) is 13.8 Å². The molecule has 0 saturated carbocycles. The molecule has 1 atom stereocenters. The molecule has 0 spiro atoms. The predicted octanol–water partition coefficient (Wildman–Crippen LogP) is 2.25. The van der Waals surface area contributed by atoms with Gasteiger partial charge in [0, 0.05) is 7.05 Å². The lowest BCUT2D eigenvalue weighted by atomic mass is 10.0. The molecule has 0 bridgehead atoms. The van der Waals surface area contributed by atoms with Crippen molar-refractivity contribution in [2.24, 2.45) is 13.0 Å². The van der Waals surface area contributed by atoms with Crippen LogP contribution in [0.4, 0.5) is 8.78 Å². The lowest BCUT2D eigenvalue weighted by Crippen LogP contribution is -2.42. The number of aromatic nitrogens is 2. The first-order valence-electron chi connectivity index (χ1n) is 6.59. The molecule has 1 amide bonds. The molecule has 0 radical (unpaired) electrons. The van der Waals surface area contributed by atoms with Crippen LogP contribution in [0, 0.1) is 12.8 Å². The Hall–Kier alpha value is -1.70. The molecule has 0 aliphatic heterocycles. The smallest absolute Gasteiger partial charge is 0.365 e. The maximum Gasteiger partial charge on any atom is 0.365 e. The van der Waals surface area contributed by atoms with Crippen LogP contribution in [0.2, 0.25) is 0 Å². The molecule has 0 aromatic carbocycles. The fourth-order valence-electron chi connectivity index (χ4n) is 2.18. The second kappa shape index (κ2) is 6.60. The van der Waals surface area contributed by atoms with Crippen molar-refractivity contribution >= 4 is 23.5 Å². The van der Waals surface area contributed by atoms with Crippen molar-refractivity contribution in [2.75, 3.05) is 0 Å². The summed E-state index contributed by atoms with van der Waals surface area (Å²) in [6, 6.07) is -1.18. The maximum absolute atomic E-state index is 13.5. The summed E-state index contributed by atoms with van der Waals surface area (Å²) >= 11 is 5.02. The third kappa shape index (κ3) is 4.16. The van der Waals surface area contributed by atoms with E-state index in [2.05, 4.69) is 10.4 Å². The second-order valence-corrected chi connectivity index (χ2v) is 5.90. The van der Waals surface area contributed by atoms with Crippen LogP contribution >= 0.6 is 11.6 Å². The normalized spacial score (nSPS) is 13.3. The van der Waals surface area contributed by atoms with E-state index >= 15 is 0 Å². The van der Waals surface area contributed by atoms with Crippen LogP contribution in [-0.4, -0.2) is 32.8 Å². The standard InChI is InChI=1S/C13H18ClF2N3O3/c1-6(2)5-8(12(21)22)17-11(20)9-7(3)18-19(4)10(9)13(14,15)16/h6,8H,5H2,1-4H3,(H,17,20)(H,21,22)/t8-/m0/s1. The number of carbonyl (C=O) groups excluding carboxylic acids is 1. The lowest BCUT2D eigenvalue weighted by Gasteiger charge is -2.17. The van der Waals surface area contributed by atoms with E-state index in [0.29, 0.717) is 0 Å². The minimum atomic E-state index is -3.79. The van der Waals surface area contributed by atoms with Crippen molar-refractivity contribution in [3.05, 3.63) is 17.0 Å². The number of aryl methyl sites for hydroxylation is 2. The molecule has 9 heteroatoms. The molecule has 0 aliphatic carbocycles. The number of carboxylic acid groups (broad SMARTS) is 1. The van der Waals surface area contributed by atoms with Crippen molar-refractivity contribution < 1.29 is 23.5 Å². The first kappa shape index (κ1) is 18.3. The summed E-state index contributed by atoms with van der Waals surface area (Å²) in [6.07, 6.45) is 0.174. The monoisotopic (exact) mass is 337 g/mol. The third-order valence-electron chi connectivity index (χ3n) is 3.03. The summed E-state index contributed by atoms with van der Waals surface area (Å²) in [5.41, 5.74) is -1.13. The zero-order valence-corrected chi connectivity index (χ0v) is 13.4. The number of aliphatic carboxylic acids is 1. The van der Waals surface area contributed by atoms with Gasteiger partial charge in [-0.2, -0.15) is 13.9 Å². The highest BCUT2D eigenvalue weighted by Crippen LogP contribution is 2.35. The minimum Gasteiger partial charge on any atom is -0.480 e. The molecule has 1 rings (SSSR count). The quantitative estimate of drug-likeness (QED) is 0.780. The van der Waals surface area contributed by atoms with Gasteiger partial charge in [0.25, 0.3) is 5.91 Å². The van der Waals surface area contributed by atoms with Crippen LogP contribution in [-0.2, 0) is 17.2 Å². The molecule has 22 heavy (non-hydrogen) atoms. The van der Waals surface area contributed by atoms with Crippen LogP contribution in [0.1, 0.15) is 42.0 Å². The summed E-state index contributed by atoms with van der Waals surface area (Å²) in [6.45, 7) is 4.95. The van der Waals surface area contributed by atoms with Gasteiger partial charge in [-0.25, -0.2) is 4.79 Å². The Morgan fingerprint density at radius 1 is 1.45 bits per heavy atom. The average molecular weight is 338 g/mol. The molecule has 2 N–H and O–H groups in total. The zero-order chi connectivity index (χ0) is 17.2. The van der Waals surface area contributed by atoms with Crippen molar-refractivity contribution in [3.63, 3.8) is 0 Å². The highest BCUT2D eigenvalue weighted by Gasteiger charge is 2.39. The topological polar surface area (TPSA) is 84.2 Å². The van der Waals surface area contributed by atoms with E-state index in [1.807, 2.05) is 0 Å². The molecular formula is C13H18ClF2N3O3. The van der Waals surface area contributed by atoms with Gasteiger partial charge in [0.05, 0.1) is 11.3 Å². The Morgan fingerprint density at radius 3 is 2.41 bits per heavy atom. The first-order chi connectivity index (χ1) is 9.95. The second-order valence-electron chi connectivity index (χ2n) is 5.42. The molecule has 0 fully saturated rings. The lowest BCUT2D eigenvalue weighted by molar-refractivity contribution is -0.139. The summed E-state index contributed by atoms with van der Waals surface area (Å²) < 4.78 is 27.7. The van der Waals surface area contributed by atoms with Gasteiger partial charge in [-0.05, 0) is 30.9 Å². The molecular weight excluding hydrogens is 320 g/mol. The molecule has 1 aromatic heterocycles. The summed E-state index contributed by atoms with van der Waals surface area (Å²) in [4.78, 5) is 23.4. The maximum atomic E-state index is 13.5. The van der Waals surface area contributed by atoms with E-state index in [9.17, 15) is 18.4 Å². The number of nitrogens with one attached hydrogen (secondary N) is 1. The zero-order valence-electron chi connectivity index (χ0n) is 12.7. The van der Waals surface area contributed by atoms with E-state index in [0.717, 1.165) is 4.68 Å². The Morgan fingerprint density at radius 2 is 2.00 bits per heavy atom. The first-order valence-corrected chi connectivity index (χ1v) is 6.97. The summed E-state index contributed by atoms with van der Waals surface area (Å²) in [5, 5.41) is 11.3. The Labute approximate surface area is 131 Å². The van der Waals surface area contributed by atoms with E-state index in [4.69, 9.17) is 16.7 Å². The molecule has 0 unspecified atom stereocenters. The Kier molecular flexibility index (Phi) is 5.50. The minimum absolute atomic E-state index is 0.00494. The number of alkyl halides is 3. The van der Waals surface area contributed by atoms with Gasteiger partial charge in [-0.3, -0.25) is 9.48 Å². The molecule has 1 heterocycles. The number of carboxylic acids is 1. The van der Waals surface area contributed by atoms with Gasteiger partial charge in [-0.15, -0.1) is 0 Å². The number of halogens is 3. The van der Waals surface area contributed by atoms with Crippen LogP contribution in [0.25, 0.3) is 0 Å². The van der Waals surface area contributed by atoms with E-state index < -0.39 is 34.6 Å². The van der Waals surface area contributed by atoms with Crippen LogP contribution < -0.4 is 5.32 Å². The summed E-state index contributed by atoms with van der Waals surface area (Å²) in [7, 11) is 1.23. The Balaban J connectivity index is 3.15. The fraction of sp³-hybridized carbons (Fsp3) is 0.615. The Bertz CT molecular complexity index is 582. The number of hydrogen-bond acceptors (Lipinski definition) is 3. The number of carbonyl (C=O) groups is 2. The summed E-state index contributed by atoms with van der Waals surface area (Å²) in [5.74, 6) is -2.16. The van der Waals surface area contributed by atoms with Crippen molar-refractivity contribution in [3.8, 4) is 0 Å². The van der Waals surface area contributed by atoms with Crippen LogP contribution in [0.15, 0.2) is 0 Å². The molecule has 6 nitrogen and oxygen atoms in total. The fourth-order valence-corrected chi connectivity index (χ4v) is 2.40. The van der Waals surface area contributed by atoms with Crippen molar-refractivity contribution in [1.82, 2.24) is 15.1 Å². The SMILES string of the molecule is Cc1nn(C)c(C(F)(F)Cl)c1C(=O)N[C@@H](CC(C)C)C(=O)O. The van der Waals surface area contributed by atoms with Gasteiger partial charge in [0.15, 0.2) is 0 Å². The highest BCUT2D eigenvalue weighted by atomic mass is 35.5. The third-order valence-corrected chi connectivity index (χ3v) is 3.21. The van der Waals surface area contributed by atoms with Gasteiger partial charge >= 0.3 is 11.4 Å². The van der Waals surface area contributed by atoms with Gasteiger partial charge < -0.3 is 10.4 Å². The van der Waals surface area contributed by atoms with Crippen molar-refractivity contribution in [1.29, 1.82) is 0 Å². The molecule has 124 valence electrons. The number of rotatable bonds is 6. The van der Waals surface area contributed by atoms with E-state index in [-0.39, 0.29) is 18.0 Å². The van der Waals surface area contributed by atoms with Crippen molar-refractivity contribution in [2.45, 2.75) is 38.6 Å². The van der Waals surface area contributed by atoms with Gasteiger partial charge in [-0.1, -0.05) is 13.8 Å². The average Bonchev–Trinajstić information content (AvgIpc) is 2.62. The predicted molar refractivity (Wildman–Crippen MR) is 76.0 cm³/mol. The highest BCUT2D eigenvalue weighted by molar-refractivity contribution is 6.22. The number of nitrogens with zero attached hydrogens (tertiary/aromatic N) is 2. The molecule has 0 aliphatic rings. The van der Waals surface area contributed by atoms with Gasteiger partial charge in [0.2, 0.25) is 0 Å². The van der Waals surface area contributed by atoms with E-state index in [1.165, 1.54) is 14.0 Å². The largest absolute Gasteiger partial charge is 0.480 e. The molecule has 0 saturated heterocycles. The van der Waals surface area contributed by atoms with Gasteiger partial charge in [0.1, 0.15) is 11.7 Å². The number of amides is 1. The number of hydrogen-bond donors (Lipinski definition) is 2.